The molecule has 0 fully saturated rings. The van der Waals surface area contributed by atoms with Gasteiger partial charge in [0.05, 0.1) is 22.2 Å². The molecule has 4 aromatic rings. The highest BCUT2D eigenvalue weighted by Gasteiger charge is 2.14. The second-order valence-corrected chi connectivity index (χ2v) is 7.06. The first kappa shape index (κ1) is 20.7. The summed E-state index contributed by atoms with van der Waals surface area (Å²) in [6, 6.07) is 21.0. The molecule has 0 aliphatic carbocycles. The molecule has 2 N–H and O–H groups in total. The minimum Gasteiger partial charge on any atom is -0.507 e. The van der Waals surface area contributed by atoms with Crippen LogP contribution in [0.5, 0.6) is 5.75 Å². The molecule has 0 spiro atoms. The smallest absolute Gasteiger partial charge is 0.270 e. The van der Waals surface area contributed by atoms with Crippen molar-refractivity contribution < 1.29 is 14.8 Å². The molecule has 9 nitrogen and oxygen atoms in total. The summed E-state index contributed by atoms with van der Waals surface area (Å²) in [6.45, 7) is -0.0130. The van der Waals surface area contributed by atoms with Gasteiger partial charge in [0.1, 0.15) is 18.1 Å². The van der Waals surface area contributed by atoms with E-state index in [1.165, 1.54) is 18.2 Å². The summed E-state index contributed by atoms with van der Waals surface area (Å²) in [5, 5.41) is 24.6. The minimum atomic E-state index is -0.576. The van der Waals surface area contributed by atoms with Crippen LogP contribution < -0.4 is 5.43 Å². The number of hydrogen-bond donors (Lipinski definition) is 2. The molecule has 0 unspecified atom stereocenters. The predicted octanol–water partition coefficient (Wildman–Crippen LogP) is 3.39. The average Bonchev–Trinajstić information content (AvgIpc) is 3.12. The number of imidazole rings is 1. The van der Waals surface area contributed by atoms with Gasteiger partial charge in [-0.2, -0.15) is 5.10 Å². The molecule has 0 aliphatic rings. The number of carbonyl (C=O) groups is 1. The Morgan fingerprint density at radius 1 is 1.12 bits per heavy atom. The zero-order valence-electron chi connectivity index (χ0n) is 16.9. The van der Waals surface area contributed by atoms with E-state index in [9.17, 15) is 20.0 Å². The Morgan fingerprint density at radius 3 is 2.66 bits per heavy atom. The van der Waals surface area contributed by atoms with E-state index in [4.69, 9.17) is 0 Å². The van der Waals surface area contributed by atoms with Crippen LogP contribution in [0, 0.1) is 10.1 Å². The maximum Gasteiger partial charge on any atom is 0.270 e. The number of amides is 1. The molecule has 3 aromatic carbocycles. The van der Waals surface area contributed by atoms with Crippen molar-refractivity contribution in [2.45, 2.75) is 13.0 Å². The van der Waals surface area contributed by atoms with Gasteiger partial charge in [-0.1, -0.05) is 42.5 Å². The van der Waals surface area contributed by atoms with Crippen molar-refractivity contribution in [1.82, 2.24) is 15.0 Å². The van der Waals surface area contributed by atoms with Crippen LogP contribution >= 0.6 is 0 Å². The second kappa shape index (κ2) is 9.09. The number of carbonyl (C=O) groups excluding carboxylic acids is 1. The van der Waals surface area contributed by atoms with Crippen molar-refractivity contribution in [1.29, 1.82) is 0 Å². The lowest BCUT2D eigenvalue weighted by Crippen LogP contribution is -2.24. The monoisotopic (exact) mass is 429 g/mol. The van der Waals surface area contributed by atoms with E-state index < -0.39 is 10.8 Å². The average molecular weight is 429 g/mol. The quantitative estimate of drug-likeness (QED) is 0.265. The first-order valence-electron chi connectivity index (χ1n) is 9.78. The molecule has 1 amide bonds. The molecule has 160 valence electrons. The van der Waals surface area contributed by atoms with Gasteiger partial charge in [-0.15, -0.1) is 0 Å². The number of nitro groups is 1. The minimum absolute atomic E-state index is 0.0130. The molecule has 0 aliphatic heterocycles. The number of nitrogens with zero attached hydrogens (tertiary/aromatic N) is 4. The van der Waals surface area contributed by atoms with Gasteiger partial charge in [0.25, 0.3) is 11.6 Å². The predicted molar refractivity (Wildman–Crippen MR) is 119 cm³/mol. The number of phenols is 1. The van der Waals surface area contributed by atoms with E-state index in [0.717, 1.165) is 28.6 Å². The Hall–Kier alpha value is -4.53. The topological polar surface area (TPSA) is 123 Å². The number of aromatic nitrogens is 2. The lowest BCUT2D eigenvalue weighted by molar-refractivity contribution is -0.384. The van der Waals surface area contributed by atoms with E-state index >= 15 is 0 Å². The lowest BCUT2D eigenvalue weighted by Gasteiger charge is -2.08. The molecule has 0 bridgehead atoms. The maximum atomic E-state index is 12.6. The zero-order chi connectivity index (χ0) is 22.5. The highest BCUT2D eigenvalue weighted by Crippen LogP contribution is 2.21. The molecule has 1 heterocycles. The number of nitrogens with one attached hydrogen (secondary N) is 1. The molecule has 0 saturated heterocycles. The number of non-ortho nitro benzene ring substituents is 1. The SMILES string of the molecule is O=C(Cn1c(Cc2ccccc2)nc2ccccc21)NN=Cc1cc([N+](=O)[O-])ccc1O. The fraction of sp³-hybridized carbons (Fsp3) is 0.0870. The number of benzene rings is 3. The number of fused-ring (bicyclic) bond motifs is 1. The van der Waals surface area contributed by atoms with Crippen molar-refractivity contribution >= 4 is 28.8 Å². The van der Waals surface area contributed by atoms with Crippen LogP contribution in [-0.4, -0.2) is 31.7 Å². The van der Waals surface area contributed by atoms with E-state index in [-0.39, 0.29) is 23.5 Å². The third-order valence-corrected chi connectivity index (χ3v) is 4.86. The van der Waals surface area contributed by atoms with Crippen molar-refractivity contribution in [2.75, 3.05) is 0 Å². The van der Waals surface area contributed by atoms with Gasteiger partial charge >= 0.3 is 0 Å². The molecule has 0 radical (unpaired) electrons. The fourth-order valence-electron chi connectivity index (χ4n) is 3.33. The third-order valence-electron chi connectivity index (χ3n) is 4.86. The summed E-state index contributed by atoms with van der Waals surface area (Å²) < 4.78 is 1.83. The Kier molecular flexibility index (Phi) is 5.89. The van der Waals surface area contributed by atoms with Gasteiger partial charge in [0.2, 0.25) is 0 Å². The Labute approximate surface area is 182 Å². The summed E-state index contributed by atoms with van der Waals surface area (Å²) in [4.78, 5) is 27.6. The van der Waals surface area contributed by atoms with Gasteiger partial charge in [-0.05, 0) is 23.8 Å². The first-order chi connectivity index (χ1) is 15.5. The largest absolute Gasteiger partial charge is 0.507 e. The Bertz CT molecular complexity index is 1310. The van der Waals surface area contributed by atoms with Gasteiger partial charge in [-0.3, -0.25) is 14.9 Å². The molecule has 1 aromatic heterocycles. The van der Waals surface area contributed by atoms with Gasteiger partial charge in [0, 0.05) is 24.1 Å². The summed E-state index contributed by atoms with van der Waals surface area (Å²) in [7, 11) is 0. The Balaban J connectivity index is 1.52. The molecular weight excluding hydrogens is 410 g/mol. The zero-order valence-corrected chi connectivity index (χ0v) is 16.9. The standard InChI is InChI=1S/C23H19N5O4/c29-21-11-10-18(28(31)32)13-17(21)14-24-26-23(30)15-27-20-9-5-4-8-19(20)25-22(27)12-16-6-2-1-3-7-16/h1-11,13-14,29H,12,15H2,(H,26,30). The normalized spacial score (nSPS) is 11.1. The third kappa shape index (κ3) is 4.62. The van der Waals surface area contributed by atoms with Crippen LogP contribution in [0.25, 0.3) is 11.0 Å². The number of aromatic hydroxyl groups is 1. The number of para-hydroxylation sites is 2. The number of hydrogen-bond acceptors (Lipinski definition) is 6. The fourth-order valence-corrected chi connectivity index (χ4v) is 3.33. The number of hydrazone groups is 1. The maximum absolute atomic E-state index is 12.6. The van der Waals surface area contributed by atoms with Crippen LogP contribution in [-0.2, 0) is 17.8 Å². The van der Waals surface area contributed by atoms with E-state index in [1.807, 2.05) is 59.2 Å². The molecule has 0 atom stereocenters. The first-order valence-corrected chi connectivity index (χ1v) is 9.78. The lowest BCUT2D eigenvalue weighted by atomic mass is 10.1. The number of phenolic OH excluding ortho intramolecular Hbond substituents is 1. The van der Waals surface area contributed by atoms with E-state index in [0.29, 0.717) is 6.42 Å². The highest BCUT2D eigenvalue weighted by molar-refractivity contribution is 5.86. The summed E-state index contributed by atoms with van der Waals surface area (Å²) in [6.07, 6.45) is 1.73. The van der Waals surface area contributed by atoms with Gasteiger partial charge in [0.15, 0.2) is 0 Å². The van der Waals surface area contributed by atoms with Gasteiger partial charge in [-0.25, -0.2) is 10.4 Å². The highest BCUT2D eigenvalue weighted by atomic mass is 16.6. The van der Waals surface area contributed by atoms with Crippen molar-refractivity contribution in [3.05, 3.63) is 99.9 Å². The van der Waals surface area contributed by atoms with Crippen LogP contribution in [0.2, 0.25) is 0 Å². The summed E-state index contributed by atoms with van der Waals surface area (Å²) in [5.74, 6) is 0.163. The van der Waals surface area contributed by atoms with Crippen molar-refractivity contribution in [3.8, 4) is 5.75 Å². The summed E-state index contributed by atoms with van der Waals surface area (Å²) >= 11 is 0. The second-order valence-electron chi connectivity index (χ2n) is 7.06. The Morgan fingerprint density at radius 2 is 1.88 bits per heavy atom. The molecule has 9 heteroatoms. The summed E-state index contributed by atoms with van der Waals surface area (Å²) in [5.41, 5.74) is 5.02. The van der Waals surface area contributed by atoms with Gasteiger partial charge < -0.3 is 9.67 Å². The van der Waals surface area contributed by atoms with Crippen molar-refractivity contribution in [3.63, 3.8) is 0 Å². The van der Waals surface area contributed by atoms with Crippen LogP contribution in [0.3, 0.4) is 0 Å². The molecule has 0 saturated carbocycles. The number of rotatable bonds is 7. The molecule has 4 rings (SSSR count). The van der Waals surface area contributed by atoms with Crippen molar-refractivity contribution in [2.24, 2.45) is 5.10 Å². The van der Waals surface area contributed by atoms with E-state index in [2.05, 4.69) is 15.5 Å². The van der Waals surface area contributed by atoms with E-state index in [1.54, 1.807) is 0 Å². The van der Waals surface area contributed by atoms with Crippen LogP contribution in [0.15, 0.2) is 77.9 Å². The molecule has 32 heavy (non-hydrogen) atoms. The number of nitro benzene ring substituents is 1. The van der Waals surface area contributed by atoms with Crippen LogP contribution in [0.4, 0.5) is 5.69 Å². The molecular formula is C23H19N5O4. The van der Waals surface area contributed by atoms with Crippen LogP contribution in [0.1, 0.15) is 17.0 Å².